The van der Waals surface area contributed by atoms with Crippen molar-refractivity contribution in [3.8, 4) is 0 Å². The lowest BCUT2D eigenvalue weighted by Crippen LogP contribution is -1.99. The predicted octanol–water partition coefficient (Wildman–Crippen LogP) is 1.20. The number of H-pyrrole nitrogens is 1. The van der Waals surface area contributed by atoms with Crippen LogP contribution in [-0.4, -0.2) is 30.7 Å². The van der Waals surface area contributed by atoms with Gasteiger partial charge in [0.2, 0.25) is 0 Å². The Kier molecular flexibility index (Phi) is 2.66. The van der Waals surface area contributed by atoms with Crippen molar-refractivity contribution >= 4 is 26.7 Å². The molecule has 0 saturated heterocycles. The fourth-order valence-electron chi connectivity index (χ4n) is 1.71. The normalized spacial score (nSPS) is 11.8. The summed E-state index contributed by atoms with van der Waals surface area (Å²) in [5, 5.41) is 9.45. The number of hydrogen-bond acceptors (Lipinski definition) is 3. The number of rotatable bonds is 3. The molecule has 1 heterocycles. The number of aromatic amines is 1. The summed E-state index contributed by atoms with van der Waals surface area (Å²) < 4.78 is 22.7. The summed E-state index contributed by atoms with van der Waals surface area (Å²) in [7, 11) is -3.24. The molecular formula is C11H11NO4S. The second-order valence-electron chi connectivity index (χ2n) is 3.86. The van der Waals surface area contributed by atoms with E-state index in [0.29, 0.717) is 11.1 Å². The Balaban J connectivity index is 2.56. The zero-order valence-electron chi connectivity index (χ0n) is 9.10. The van der Waals surface area contributed by atoms with Gasteiger partial charge in [-0.15, -0.1) is 0 Å². The third-order valence-electron chi connectivity index (χ3n) is 2.51. The SMILES string of the molecule is CS(=O)(=O)c1ccc2c(CC(=O)O)c[nH]c2c1. The third-order valence-corrected chi connectivity index (χ3v) is 3.62. The van der Waals surface area contributed by atoms with Gasteiger partial charge in [-0.2, -0.15) is 0 Å². The number of aliphatic carboxylic acids is 1. The quantitative estimate of drug-likeness (QED) is 0.860. The first-order chi connectivity index (χ1) is 7.88. The highest BCUT2D eigenvalue weighted by Crippen LogP contribution is 2.22. The van der Waals surface area contributed by atoms with E-state index in [9.17, 15) is 13.2 Å². The molecule has 0 aliphatic heterocycles. The summed E-state index contributed by atoms with van der Waals surface area (Å²) in [6, 6.07) is 4.62. The van der Waals surface area contributed by atoms with Gasteiger partial charge in [-0.3, -0.25) is 4.79 Å². The van der Waals surface area contributed by atoms with Gasteiger partial charge in [0.25, 0.3) is 0 Å². The minimum Gasteiger partial charge on any atom is -0.481 e. The second kappa shape index (κ2) is 3.89. The molecule has 0 atom stereocenters. The Morgan fingerprint density at radius 3 is 2.71 bits per heavy atom. The minimum atomic E-state index is -3.24. The molecule has 6 heteroatoms. The third kappa shape index (κ3) is 2.31. The molecule has 0 fully saturated rings. The van der Waals surface area contributed by atoms with Crippen LogP contribution in [0.3, 0.4) is 0 Å². The molecule has 0 amide bonds. The number of benzene rings is 1. The molecule has 0 aliphatic rings. The molecule has 2 rings (SSSR count). The summed E-state index contributed by atoms with van der Waals surface area (Å²) in [6.45, 7) is 0. The molecule has 90 valence electrons. The molecular weight excluding hydrogens is 242 g/mol. The zero-order chi connectivity index (χ0) is 12.6. The van der Waals surface area contributed by atoms with E-state index in [1.54, 1.807) is 12.3 Å². The zero-order valence-corrected chi connectivity index (χ0v) is 9.91. The average Bonchev–Trinajstić information content (AvgIpc) is 2.59. The van der Waals surface area contributed by atoms with E-state index in [-0.39, 0.29) is 11.3 Å². The molecule has 1 aromatic heterocycles. The van der Waals surface area contributed by atoms with Crippen molar-refractivity contribution in [2.24, 2.45) is 0 Å². The first-order valence-electron chi connectivity index (χ1n) is 4.90. The Morgan fingerprint density at radius 2 is 2.12 bits per heavy atom. The maximum atomic E-state index is 11.4. The van der Waals surface area contributed by atoms with Crippen LogP contribution in [0.5, 0.6) is 0 Å². The smallest absolute Gasteiger partial charge is 0.307 e. The number of nitrogens with one attached hydrogen (secondary N) is 1. The van der Waals surface area contributed by atoms with Crippen LogP contribution < -0.4 is 0 Å². The first-order valence-corrected chi connectivity index (χ1v) is 6.79. The molecule has 17 heavy (non-hydrogen) atoms. The summed E-state index contributed by atoms with van der Waals surface area (Å²) in [5.74, 6) is -0.918. The summed E-state index contributed by atoms with van der Waals surface area (Å²) in [4.78, 5) is 13.7. The number of fused-ring (bicyclic) bond motifs is 1. The van der Waals surface area contributed by atoms with Crippen molar-refractivity contribution in [2.75, 3.05) is 6.26 Å². The van der Waals surface area contributed by atoms with Gasteiger partial charge in [0.1, 0.15) is 0 Å². The van der Waals surface area contributed by atoms with Gasteiger partial charge in [-0.25, -0.2) is 8.42 Å². The lowest BCUT2D eigenvalue weighted by atomic mass is 10.1. The van der Waals surface area contributed by atoms with Gasteiger partial charge in [-0.05, 0) is 17.7 Å². The van der Waals surface area contributed by atoms with E-state index in [1.807, 2.05) is 0 Å². The molecule has 0 saturated carbocycles. The van der Waals surface area contributed by atoms with Crippen LogP contribution in [0.2, 0.25) is 0 Å². The Hall–Kier alpha value is -1.82. The van der Waals surface area contributed by atoms with Gasteiger partial charge in [0.15, 0.2) is 9.84 Å². The molecule has 0 unspecified atom stereocenters. The van der Waals surface area contributed by atoms with Crippen molar-refractivity contribution in [3.63, 3.8) is 0 Å². The first kappa shape index (κ1) is 11.7. The van der Waals surface area contributed by atoms with E-state index >= 15 is 0 Å². The molecule has 1 aromatic carbocycles. The van der Waals surface area contributed by atoms with Crippen LogP contribution in [0.25, 0.3) is 10.9 Å². The number of sulfone groups is 1. The summed E-state index contributed by atoms with van der Waals surface area (Å²) in [6.07, 6.45) is 2.64. The maximum Gasteiger partial charge on any atom is 0.307 e. The molecule has 2 N–H and O–H groups in total. The highest BCUT2D eigenvalue weighted by molar-refractivity contribution is 7.90. The van der Waals surface area contributed by atoms with Crippen molar-refractivity contribution in [1.29, 1.82) is 0 Å². The molecule has 2 aromatic rings. The maximum absolute atomic E-state index is 11.4. The number of carboxylic acid groups (broad SMARTS) is 1. The highest BCUT2D eigenvalue weighted by atomic mass is 32.2. The Morgan fingerprint density at radius 1 is 1.41 bits per heavy atom. The molecule has 5 nitrogen and oxygen atoms in total. The number of carboxylic acids is 1. The number of aromatic nitrogens is 1. The van der Waals surface area contributed by atoms with Crippen molar-refractivity contribution in [3.05, 3.63) is 30.0 Å². The molecule has 0 radical (unpaired) electrons. The topological polar surface area (TPSA) is 87.2 Å². The van der Waals surface area contributed by atoms with E-state index < -0.39 is 15.8 Å². The summed E-state index contributed by atoms with van der Waals surface area (Å²) >= 11 is 0. The van der Waals surface area contributed by atoms with Crippen LogP contribution in [0.1, 0.15) is 5.56 Å². The van der Waals surface area contributed by atoms with E-state index in [4.69, 9.17) is 5.11 Å². The fourth-order valence-corrected chi connectivity index (χ4v) is 2.35. The van der Waals surface area contributed by atoms with Crippen molar-refractivity contribution in [1.82, 2.24) is 4.98 Å². The average molecular weight is 253 g/mol. The van der Waals surface area contributed by atoms with Crippen LogP contribution >= 0.6 is 0 Å². The lowest BCUT2D eigenvalue weighted by molar-refractivity contribution is -0.136. The van der Waals surface area contributed by atoms with Crippen LogP contribution in [0, 0.1) is 0 Å². The van der Waals surface area contributed by atoms with Gasteiger partial charge in [0, 0.05) is 23.4 Å². The van der Waals surface area contributed by atoms with Gasteiger partial charge in [-0.1, -0.05) is 6.07 Å². The standard InChI is InChI=1S/C11H11NO4S/c1-17(15,16)8-2-3-9-7(4-11(13)14)6-12-10(9)5-8/h2-3,5-6,12H,4H2,1H3,(H,13,14). The van der Waals surface area contributed by atoms with Crippen LogP contribution in [0.4, 0.5) is 0 Å². The largest absolute Gasteiger partial charge is 0.481 e. The van der Waals surface area contributed by atoms with Gasteiger partial charge >= 0.3 is 5.97 Å². The molecule has 0 bridgehead atoms. The second-order valence-corrected chi connectivity index (χ2v) is 5.88. The lowest BCUT2D eigenvalue weighted by Gasteiger charge is -1.99. The van der Waals surface area contributed by atoms with E-state index in [2.05, 4.69) is 4.98 Å². The monoisotopic (exact) mass is 253 g/mol. The van der Waals surface area contributed by atoms with Crippen molar-refractivity contribution in [2.45, 2.75) is 11.3 Å². The number of carbonyl (C=O) groups is 1. The van der Waals surface area contributed by atoms with Gasteiger partial charge < -0.3 is 10.1 Å². The van der Waals surface area contributed by atoms with Crippen LogP contribution in [0.15, 0.2) is 29.3 Å². The van der Waals surface area contributed by atoms with E-state index in [0.717, 1.165) is 11.6 Å². The molecule has 0 aliphatic carbocycles. The minimum absolute atomic E-state index is 0.0851. The predicted molar refractivity (Wildman–Crippen MR) is 62.7 cm³/mol. The highest BCUT2D eigenvalue weighted by Gasteiger charge is 2.11. The van der Waals surface area contributed by atoms with Crippen LogP contribution in [-0.2, 0) is 21.1 Å². The Bertz CT molecular complexity index is 685. The fraction of sp³-hybridized carbons (Fsp3) is 0.182. The Labute approximate surface area is 98.0 Å². The molecule has 0 spiro atoms. The van der Waals surface area contributed by atoms with Crippen molar-refractivity contribution < 1.29 is 18.3 Å². The number of hydrogen-bond donors (Lipinski definition) is 2. The van der Waals surface area contributed by atoms with Gasteiger partial charge in [0.05, 0.1) is 11.3 Å². The van der Waals surface area contributed by atoms with E-state index in [1.165, 1.54) is 12.1 Å². The summed E-state index contributed by atoms with van der Waals surface area (Å²) in [5.41, 5.74) is 1.27.